The topological polar surface area (TPSA) is 63.8 Å². The number of aryl methyl sites for hydroxylation is 1. The number of nitrogens with one attached hydrogen (secondary N) is 1. The summed E-state index contributed by atoms with van der Waals surface area (Å²) in [5.74, 6) is 0.348. The molecule has 0 bridgehead atoms. The second-order valence-corrected chi connectivity index (χ2v) is 4.33. The molecule has 0 fully saturated rings. The van der Waals surface area contributed by atoms with Crippen LogP contribution in [0.15, 0.2) is 6.33 Å². The Morgan fingerprint density at radius 3 is 2.69 bits per heavy atom. The summed E-state index contributed by atoms with van der Waals surface area (Å²) in [5, 5.41) is 3.02. The molecule has 0 amide bonds. The molecule has 0 aromatic carbocycles. The lowest BCUT2D eigenvalue weighted by Gasteiger charge is -2.19. The van der Waals surface area contributed by atoms with E-state index in [0.717, 1.165) is 6.42 Å². The summed E-state index contributed by atoms with van der Waals surface area (Å²) >= 11 is 0. The SMILES string of the molecule is Cc1ncnc(NC(CN)CC(C)C)c1F. The zero-order valence-corrected chi connectivity index (χ0v) is 10.00. The summed E-state index contributed by atoms with van der Waals surface area (Å²) in [6.45, 7) is 6.28. The second kappa shape index (κ2) is 5.75. The first-order valence-corrected chi connectivity index (χ1v) is 5.48. The van der Waals surface area contributed by atoms with Gasteiger partial charge in [-0.2, -0.15) is 0 Å². The molecule has 0 saturated heterocycles. The third-order valence-electron chi connectivity index (χ3n) is 2.35. The first-order valence-electron chi connectivity index (χ1n) is 5.48. The highest BCUT2D eigenvalue weighted by Crippen LogP contribution is 2.15. The van der Waals surface area contributed by atoms with E-state index < -0.39 is 5.82 Å². The van der Waals surface area contributed by atoms with E-state index in [1.807, 2.05) is 0 Å². The van der Waals surface area contributed by atoms with E-state index in [-0.39, 0.29) is 11.9 Å². The molecule has 4 nitrogen and oxygen atoms in total. The predicted octanol–water partition coefficient (Wildman–Crippen LogP) is 1.71. The second-order valence-electron chi connectivity index (χ2n) is 4.33. The van der Waals surface area contributed by atoms with Crippen molar-refractivity contribution in [3.8, 4) is 0 Å². The van der Waals surface area contributed by atoms with E-state index in [4.69, 9.17) is 5.73 Å². The van der Waals surface area contributed by atoms with Crippen molar-refractivity contribution in [3.63, 3.8) is 0 Å². The Kier molecular flexibility index (Phi) is 4.61. The van der Waals surface area contributed by atoms with Gasteiger partial charge in [0.2, 0.25) is 0 Å². The van der Waals surface area contributed by atoms with Crippen LogP contribution < -0.4 is 11.1 Å². The summed E-state index contributed by atoms with van der Waals surface area (Å²) < 4.78 is 13.6. The van der Waals surface area contributed by atoms with Crippen LogP contribution in [0.3, 0.4) is 0 Å². The Morgan fingerprint density at radius 2 is 2.12 bits per heavy atom. The van der Waals surface area contributed by atoms with Crippen molar-refractivity contribution in [1.82, 2.24) is 9.97 Å². The van der Waals surface area contributed by atoms with Gasteiger partial charge in [-0.15, -0.1) is 0 Å². The molecule has 0 spiro atoms. The monoisotopic (exact) mass is 226 g/mol. The van der Waals surface area contributed by atoms with Crippen molar-refractivity contribution in [2.45, 2.75) is 33.2 Å². The molecule has 1 heterocycles. The highest BCUT2D eigenvalue weighted by atomic mass is 19.1. The molecule has 0 radical (unpaired) electrons. The minimum atomic E-state index is -0.398. The number of nitrogens with two attached hydrogens (primary N) is 1. The van der Waals surface area contributed by atoms with Crippen molar-refractivity contribution in [3.05, 3.63) is 17.8 Å². The Hall–Kier alpha value is -1.23. The Balaban J connectivity index is 2.74. The summed E-state index contributed by atoms with van der Waals surface area (Å²) in [6.07, 6.45) is 2.24. The molecule has 1 aromatic rings. The van der Waals surface area contributed by atoms with Crippen molar-refractivity contribution in [2.24, 2.45) is 11.7 Å². The summed E-state index contributed by atoms with van der Waals surface area (Å²) in [6, 6.07) is 0.0452. The fourth-order valence-electron chi connectivity index (χ4n) is 1.53. The molecule has 1 unspecified atom stereocenters. The molecular weight excluding hydrogens is 207 g/mol. The average Bonchev–Trinajstić information content (AvgIpc) is 2.23. The molecule has 1 atom stereocenters. The molecule has 16 heavy (non-hydrogen) atoms. The number of halogens is 1. The van der Waals surface area contributed by atoms with Gasteiger partial charge in [-0.25, -0.2) is 14.4 Å². The van der Waals surface area contributed by atoms with Crippen molar-refractivity contribution >= 4 is 5.82 Å². The maximum atomic E-state index is 13.6. The van der Waals surface area contributed by atoms with Gasteiger partial charge >= 0.3 is 0 Å². The fraction of sp³-hybridized carbons (Fsp3) is 0.636. The third-order valence-corrected chi connectivity index (χ3v) is 2.35. The summed E-state index contributed by atoms with van der Waals surface area (Å²) in [5.41, 5.74) is 5.97. The summed E-state index contributed by atoms with van der Waals surface area (Å²) in [7, 11) is 0. The lowest BCUT2D eigenvalue weighted by Crippen LogP contribution is -2.31. The number of hydrogen-bond donors (Lipinski definition) is 2. The van der Waals surface area contributed by atoms with Gasteiger partial charge in [-0.3, -0.25) is 0 Å². The number of aromatic nitrogens is 2. The van der Waals surface area contributed by atoms with Crippen LogP contribution in [-0.2, 0) is 0 Å². The lowest BCUT2D eigenvalue weighted by molar-refractivity contribution is 0.515. The number of nitrogens with zero attached hydrogens (tertiary/aromatic N) is 2. The molecule has 3 N–H and O–H groups in total. The van der Waals surface area contributed by atoms with E-state index in [0.29, 0.717) is 18.2 Å². The Morgan fingerprint density at radius 1 is 1.44 bits per heavy atom. The van der Waals surface area contributed by atoms with E-state index in [1.165, 1.54) is 6.33 Å². The maximum absolute atomic E-state index is 13.6. The van der Waals surface area contributed by atoms with Gasteiger partial charge in [0.15, 0.2) is 11.6 Å². The van der Waals surface area contributed by atoms with Gasteiger partial charge in [0.25, 0.3) is 0 Å². The van der Waals surface area contributed by atoms with Gasteiger partial charge in [-0.05, 0) is 19.3 Å². The third kappa shape index (κ3) is 3.41. The smallest absolute Gasteiger partial charge is 0.186 e. The Labute approximate surface area is 95.5 Å². The van der Waals surface area contributed by atoms with Crippen LogP contribution in [0.25, 0.3) is 0 Å². The van der Waals surface area contributed by atoms with Crippen molar-refractivity contribution in [2.75, 3.05) is 11.9 Å². The molecule has 1 aromatic heterocycles. The molecule has 0 aliphatic heterocycles. The van der Waals surface area contributed by atoms with Gasteiger partial charge in [0.1, 0.15) is 6.33 Å². The van der Waals surface area contributed by atoms with Gasteiger partial charge in [0, 0.05) is 12.6 Å². The number of hydrogen-bond acceptors (Lipinski definition) is 4. The average molecular weight is 226 g/mol. The number of anilines is 1. The molecule has 90 valence electrons. The predicted molar refractivity (Wildman–Crippen MR) is 62.6 cm³/mol. The zero-order chi connectivity index (χ0) is 12.1. The van der Waals surface area contributed by atoms with E-state index in [9.17, 15) is 4.39 Å². The van der Waals surface area contributed by atoms with Crippen LogP contribution in [0.4, 0.5) is 10.2 Å². The van der Waals surface area contributed by atoms with Crippen LogP contribution in [-0.4, -0.2) is 22.6 Å². The first-order chi connectivity index (χ1) is 7.54. The first kappa shape index (κ1) is 12.8. The number of rotatable bonds is 5. The standard InChI is InChI=1S/C11H19FN4/c1-7(2)4-9(5-13)16-11-10(12)8(3)14-6-15-11/h6-7,9H,4-5,13H2,1-3H3,(H,14,15,16). The zero-order valence-electron chi connectivity index (χ0n) is 10.00. The van der Waals surface area contributed by atoms with Crippen LogP contribution in [0.5, 0.6) is 0 Å². The van der Waals surface area contributed by atoms with Crippen LogP contribution >= 0.6 is 0 Å². The van der Waals surface area contributed by atoms with Crippen LogP contribution in [0.1, 0.15) is 26.0 Å². The highest BCUT2D eigenvalue weighted by molar-refractivity contribution is 5.38. The van der Waals surface area contributed by atoms with Crippen molar-refractivity contribution in [1.29, 1.82) is 0 Å². The van der Waals surface area contributed by atoms with Gasteiger partial charge in [0.05, 0.1) is 5.69 Å². The van der Waals surface area contributed by atoms with Crippen LogP contribution in [0, 0.1) is 18.7 Å². The minimum absolute atomic E-state index is 0.0452. The van der Waals surface area contributed by atoms with E-state index >= 15 is 0 Å². The fourth-order valence-corrected chi connectivity index (χ4v) is 1.53. The van der Waals surface area contributed by atoms with Crippen LogP contribution in [0.2, 0.25) is 0 Å². The normalized spacial score (nSPS) is 12.9. The largest absolute Gasteiger partial charge is 0.364 e. The molecular formula is C11H19FN4. The lowest BCUT2D eigenvalue weighted by atomic mass is 10.0. The maximum Gasteiger partial charge on any atom is 0.186 e. The van der Waals surface area contributed by atoms with Crippen molar-refractivity contribution < 1.29 is 4.39 Å². The quantitative estimate of drug-likeness (QED) is 0.802. The molecule has 0 saturated carbocycles. The molecule has 1 rings (SSSR count). The minimum Gasteiger partial charge on any atom is -0.364 e. The molecule has 0 aliphatic rings. The highest BCUT2D eigenvalue weighted by Gasteiger charge is 2.13. The van der Waals surface area contributed by atoms with E-state index in [2.05, 4.69) is 29.1 Å². The molecule has 5 heteroatoms. The van der Waals surface area contributed by atoms with Gasteiger partial charge in [-0.1, -0.05) is 13.8 Å². The summed E-state index contributed by atoms with van der Waals surface area (Å²) in [4.78, 5) is 7.66. The Bertz CT molecular complexity index is 341. The van der Waals surface area contributed by atoms with Gasteiger partial charge < -0.3 is 11.1 Å². The molecule has 0 aliphatic carbocycles. The van der Waals surface area contributed by atoms with E-state index in [1.54, 1.807) is 6.92 Å².